The monoisotopic (exact) mass is 371 g/mol. The summed E-state index contributed by atoms with van der Waals surface area (Å²) in [5.74, 6) is -0.891. The summed E-state index contributed by atoms with van der Waals surface area (Å²) >= 11 is 1.36. The fourth-order valence-electron chi connectivity index (χ4n) is 3.39. The quantitative estimate of drug-likeness (QED) is 0.786. The van der Waals surface area contributed by atoms with Crippen molar-refractivity contribution in [1.82, 2.24) is 4.90 Å². The molecule has 0 radical (unpaired) electrons. The first-order valence-corrected chi connectivity index (χ1v) is 9.62. The van der Waals surface area contributed by atoms with Crippen molar-refractivity contribution >= 4 is 29.0 Å². The number of ketones is 1. The van der Waals surface area contributed by atoms with E-state index in [4.69, 9.17) is 5.11 Å². The molecule has 2 aromatic rings. The van der Waals surface area contributed by atoms with Crippen molar-refractivity contribution in [3.05, 3.63) is 57.8 Å². The predicted octanol–water partition coefficient (Wildman–Crippen LogP) is 3.70. The molecule has 1 N–H and O–H groups in total. The number of nitrogens with zero attached hydrogens (tertiary/aromatic N) is 1. The lowest BCUT2D eigenvalue weighted by molar-refractivity contribution is -0.137. The Labute approximate surface area is 156 Å². The summed E-state index contributed by atoms with van der Waals surface area (Å²) in [6.07, 6.45) is 2.50. The first-order chi connectivity index (χ1) is 12.6. The summed E-state index contributed by atoms with van der Waals surface area (Å²) in [4.78, 5) is 38.9. The Hall–Kier alpha value is -2.47. The molecule has 5 nitrogen and oxygen atoms in total. The highest BCUT2D eigenvalue weighted by Crippen LogP contribution is 2.25. The van der Waals surface area contributed by atoms with Gasteiger partial charge in [-0.2, -0.15) is 0 Å². The smallest absolute Gasteiger partial charge is 0.303 e. The Morgan fingerprint density at radius 3 is 2.58 bits per heavy atom. The summed E-state index contributed by atoms with van der Waals surface area (Å²) in [5.41, 5.74) is 0.845. The molecule has 1 fully saturated rings. The first kappa shape index (κ1) is 18.3. The van der Waals surface area contributed by atoms with Crippen LogP contribution in [0.4, 0.5) is 0 Å². The summed E-state index contributed by atoms with van der Waals surface area (Å²) in [7, 11) is 0. The van der Waals surface area contributed by atoms with E-state index in [0.717, 1.165) is 12.8 Å². The van der Waals surface area contributed by atoms with Crippen LogP contribution in [0.2, 0.25) is 0 Å². The van der Waals surface area contributed by atoms with Gasteiger partial charge in [0.1, 0.15) is 0 Å². The molecule has 0 aliphatic carbocycles. The summed E-state index contributed by atoms with van der Waals surface area (Å²) in [6.45, 7) is 1.19. The predicted molar refractivity (Wildman–Crippen MR) is 99.7 cm³/mol. The molecule has 26 heavy (non-hydrogen) atoms. The number of hydrogen-bond donors (Lipinski definition) is 1. The molecule has 1 saturated heterocycles. The molecule has 136 valence electrons. The van der Waals surface area contributed by atoms with Gasteiger partial charge in [-0.25, -0.2) is 0 Å². The number of carboxylic acid groups (broad SMARTS) is 1. The number of carboxylic acids is 1. The number of rotatable bonds is 6. The van der Waals surface area contributed by atoms with Crippen molar-refractivity contribution in [3.63, 3.8) is 0 Å². The highest BCUT2D eigenvalue weighted by molar-refractivity contribution is 7.12. The zero-order valence-corrected chi connectivity index (χ0v) is 15.2. The van der Waals surface area contributed by atoms with Crippen LogP contribution in [0.15, 0.2) is 41.8 Å². The maximum atomic E-state index is 13.0. The van der Waals surface area contributed by atoms with Gasteiger partial charge in [0.05, 0.1) is 10.4 Å². The summed E-state index contributed by atoms with van der Waals surface area (Å²) < 4.78 is 0. The van der Waals surface area contributed by atoms with E-state index in [1.165, 1.54) is 11.3 Å². The van der Waals surface area contributed by atoms with Crippen LogP contribution >= 0.6 is 11.3 Å². The zero-order valence-electron chi connectivity index (χ0n) is 14.4. The SMILES string of the molecule is O=C(O)CC[C@H]1CCCN(C(=O)c2ccccc2C(=O)c2cccs2)C1. The third-order valence-electron chi connectivity index (χ3n) is 4.72. The molecule has 1 aliphatic heterocycles. The number of likely N-dealkylation sites (tertiary alicyclic amines) is 1. The number of carbonyl (C=O) groups excluding carboxylic acids is 2. The molecule has 1 aliphatic rings. The van der Waals surface area contributed by atoms with E-state index in [1.54, 1.807) is 35.2 Å². The number of amides is 1. The molecule has 2 heterocycles. The van der Waals surface area contributed by atoms with Crippen LogP contribution in [0.5, 0.6) is 0 Å². The molecule has 1 amide bonds. The van der Waals surface area contributed by atoms with Crippen LogP contribution < -0.4 is 0 Å². The maximum absolute atomic E-state index is 13.0. The highest BCUT2D eigenvalue weighted by Gasteiger charge is 2.27. The lowest BCUT2D eigenvalue weighted by atomic mass is 9.92. The van der Waals surface area contributed by atoms with Crippen molar-refractivity contribution < 1.29 is 19.5 Å². The van der Waals surface area contributed by atoms with Crippen LogP contribution in [-0.2, 0) is 4.79 Å². The summed E-state index contributed by atoms with van der Waals surface area (Å²) in [5, 5.41) is 10.7. The van der Waals surface area contributed by atoms with Crippen LogP contribution in [0.25, 0.3) is 0 Å². The molecule has 0 bridgehead atoms. The molecular formula is C20H21NO4S. The van der Waals surface area contributed by atoms with Gasteiger partial charge in [0.15, 0.2) is 0 Å². The number of carbonyl (C=O) groups is 3. The molecule has 0 unspecified atom stereocenters. The Kier molecular flexibility index (Phi) is 5.83. The Morgan fingerprint density at radius 1 is 1.12 bits per heavy atom. The number of benzene rings is 1. The number of aliphatic carboxylic acids is 1. The number of piperidine rings is 1. The lowest BCUT2D eigenvalue weighted by Gasteiger charge is -2.33. The Bertz CT molecular complexity index is 800. The molecule has 1 atom stereocenters. The lowest BCUT2D eigenvalue weighted by Crippen LogP contribution is -2.40. The van der Waals surface area contributed by atoms with Gasteiger partial charge >= 0.3 is 5.97 Å². The van der Waals surface area contributed by atoms with Crippen molar-refractivity contribution in [3.8, 4) is 0 Å². The van der Waals surface area contributed by atoms with E-state index in [9.17, 15) is 14.4 Å². The van der Waals surface area contributed by atoms with E-state index in [2.05, 4.69) is 0 Å². The van der Waals surface area contributed by atoms with Gasteiger partial charge in [-0.15, -0.1) is 11.3 Å². The van der Waals surface area contributed by atoms with E-state index < -0.39 is 5.97 Å². The average Bonchev–Trinajstić information content (AvgIpc) is 3.20. The van der Waals surface area contributed by atoms with Crippen molar-refractivity contribution in [2.75, 3.05) is 13.1 Å². The molecular weight excluding hydrogens is 350 g/mol. The second-order valence-corrected chi connectivity index (χ2v) is 7.49. The Balaban J connectivity index is 1.77. The molecule has 1 aromatic heterocycles. The molecule has 1 aromatic carbocycles. The average molecular weight is 371 g/mol. The topological polar surface area (TPSA) is 74.7 Å². The van der Waals surface area contributed by atoms with Gasteiger partial charge in [-0.3, -0.25) is 14.4 Å². The van der Waals surface area contributed by atoms with E-state index in [0.29, 0.717) is 35.5 Å². The van der Waals surface area contributed by atoms with Gasteiger partial charge in [0.25, 0.3) is 5.91 Å². The van der Waals surface area contributed by atoms with Crippen molar-refractivity contribution in [1.29, 1.82) is 0 Å². The normalized spacial score (nSPS) is 17.1. The molecule has 0 spiro atoms. The molecule has 0 saturated carbocycles. The van der Waals surface area contributed by atoms with Crippen LogP contribution in [0.3, 0.4) is 0 Å². The minimum absolute atomic E-state index is 0.125. The largest absolute Gasteiger partial charge is 0.481 e. The van der Waals surface area contributed by atoms with Crippen LogP contribution in [-0.4, -0.2) is 40.8 Å². The van der Waals surface area contributed by atoms with Crippen molar-refractivity contribution in [2.24, 2.45) is 5.92 Å². The van der Waals surface area contributed by atoms with Crippen molar-refractivity contribution in [2.45, 2.75) is 25.7 Å². The molecule has 3 rings (SSSR count). The minimum atomic E-state index is -0.805. The van der Waals surface area contributed by atoms with Gasteiger partial charge in [0.2, 0.25) is 5.78 Å². The number of thiophene rings is 1. The van der Waals surface area contributed by atoms with Gasteiger partial charge in [0, 0.05) is 25.1 Å². The van der Waals surface area contributed by atoms with Crippen LogP contribution in [0, 0.1) is 5.92 Å². The fraction of sp³-hybridized carbons (Fsp3) is 0.350. The third kappa shape index (κ3) is 4.19. The second-order valence-electron chi connectivity index (χ2n) is 6.54. The minimum Gasteiger partial charge on any atom is -0.481 e. The zero-order chi connectivity index (χ0) is 18.5. The summed E-state index contributed by atoms with van der Waals surface area (Å²) in [6, 6.07) is 10.5. The number of hydrogen-bond acceptors (Lipinski definition) is 4. The highest BCUT2D eigenvalue weighted by atomic mass is 32.1. The first-order valence-electron chi connectivity index (χ1n) is 8.74. The Morgan fingerprint density at radius 2 is 1.88 bits per heavy atom. The van der Waals surface area contributed by atoms with E-state index >= 15 is 0 Å². The van der Waals surface area contributed by atoms with Gasteiger partial charge in [-0.05, 0) is 42.7 Å². The fourth-order valence-corrected chi connectivity index (χ4v) is 4.07. The standard InChI is InChI=1S/C20H21NO4S/c22-18(23)10-9-14-5-3-11-21(13-14)20(25)16-7-2-1-6-15(16)19(24)17-8-4-12-26-17/h1-2,4,6-8,12,14H,3,5,9-11,13H2,(H,22,23)/t14-/m1/s1. The van der Waals surface area contributed by atoms with E-state index in [1.807, 2.05) is 11.4 Å². The van der Waals surface area contributed by atoms with Crippen LogP contribution in [0.1, 0.15) is 51.3 Å². The second kappa shape index (κ2) is 8.27. The maximum Gasteiger partial charge on any atom is 0.303 e. The van der Waals surface area contributed by atoms with Gasteiger partial charge < -0.3 is 10.0 Å². The third-order valence-corrected chi connectivity index (χ3v) is 5.59. The van der Waals surface area contributed by atoms with E-state index in [-0.39, 0.29) is 24.0 Å². The molecule has 6 heteroatoms. The van der Waals surface area contributed by atoms with Gasteiger partial charge in [-0.1, -0.05) is 24.3 Å².